The quantitative estimate of drug-likeness (QED) is 0.736. The third-order valence-corrected chi connectivity index (χ3v) is 2.96. The maximum atomic E-state index is 5.68. The molecule has 0 aliphatic carbocycles. The summed E-state index contributed by atoms with van der Waals surface area (Å²) in [7, 11) is 2.18. The van der Waals surface area contributed by atoms with Crippen LogP contribution < -0.4 is 5.73 Å². The van der Waals surface area contributed by atoms with E-state index in [4.69, 9.17) is 5.73 Å². The van der Waals surface area contributed by atoms with Crippen LogP contribution in [0.15, 0.2) is 18.3 Å². The molecular formula is C11H17N3. The molecule has 1 atom stereocenters. The fourth-order valence-electron chi connectivity index (χ4n) is 2.17. The molecule has 2 heterocycles. The molecule has 0 saturated carbocycles. The number of piperidine rings is 1. The maximum Gasteiger partial charge on any atom is 0.123 e. The standard InChI is InChI=1S/C11H17N3/c1-14-7-3-2-4-10(14)9-5-6-13-11(12)8-9/h5-6,8,10H,2-4,7H2,1H3,(H2,12,13)/t10-/m1/s1. The molecule has 0 bridgehead atoms. The number of anilines is 1. The Bertz CT molecular complexity index is 311. The van der Waals surface area contributed by atoms with Crippen LogP contribution in [0.4, 0.5) is 5.82 Å². The highest BCUT2D eigenvalue weighted by molar-refractivity contribution is 5.33. The fraction of sp³-hybridized carbons (Fsp3) is 0.545. The van der Waals surface area contributed by atoms with E-state index in [1.807, 2.05) is 6.07 Å². The smallest absolute Gasteiger partial charge is 0.123 e. The van der Waals surface area contributed by atoms with Crippen molar-refractivity contribution in [1.29, 1.82) is 0 Å². The van der Waals surface area contributed by atoms with Gasteiger partial charge in [-0.15, -0.1) is 0 Å². The number of likely N-dealkylation sites (tertiary alicyclic amines) is 1. The van der Waals surface area contributed by atoms with Crippen LogP contribution in [0.3, 0.4) is 0 Å². The van der Waals surface area contributed by atoms with E-state index in [0.717, 1.165) is 0 Å². The molecule has 2 rings (SSSR count). The van der Waals surface area contributed by atoms with E-state index < -0.39 is 0 Å². The minimum atomic E-state index is 0.536. The lowest BCUT2D eigenvalue weighted by Crippen LogP contribution is -2.29. The van der Waals surface area contributed by atoms with Gasteiger partial charge in [0.2, 0.25) is 0 Å². The van der Waals surface area contributed by atoms with Crippen molar-refractivity contribution >= 4 is 5.82 Å². The van der Waals surface area contributed by atoms with Gasteiger partial charge in [0.1, 0.15) is 5.82 Å². The van der Waals surface area contributed by atoms with Crippen molar-refractivity contribution in [3.8, 4) is 0 Å². The molecular weight excluding hydrogens is 174 g/mol. The van der Waals surface area contributed by atoms with Gasteiger partial charge in [0, 0.05) is 12.2 Å². The Balaban J connectivity index is 2.20. The first kappa shape index (κ1) is 9.46. The van der Waals surface area contributed by atoms with Crippen molar-refractivity contribution in [3.05, 3.63) is 23.9 Å². The summed E-state index contributed by atoms with van der Waals surface area (Å²) in [6.45, 7) is 1.19. The molecule has 1 fully saturated rings. The van der Waals surface area contributed by atoms with Gasteiger partial charge in [-0.1, -0.05) is 6.42 Å². The van der Waals surface area contributed by atoms with Crippen molar-refractivity contribution in [2.24, 2.45) is 0 Å². The first-order chi connectivity index (χ1) is 6.77. The molecule has 1 saturated heterocycles. The molecule has 0 spiro atoms. The SMILES string of the molecule is CN1CCCC[C@@H]1c1ccnc(N)c1. The molecule has 14 heavy (non-hydrogen) atoms. The predicted octanol–water partition coefficient (Wildman–Crippen LogP) is 1.82. The topological polar surface area (TPSA) is 42.2 Å². The number of rotatable bonds is 1. The molecule has 2 N–H and O–H groups in total. The van der Waals surface area contributed by atoms with Gasteiger partial charge in [-0.25, -0.2) is 4.98 Å². The molecule has 1 aliphatic heterocycles. The first-order valence-electron chi connectivity index (χ1n) is 5.19. The summed E-state index contributed by atoms with van der Waals surface area (Å²) in [6.07, 6.45) is 5.66. The minimum Gasteiger partial charge on any atom is -0.384 e. The van der Waals surface area contributed by atoms with Crippen molar-refractivity contribution in [1.82, 2.24) is 9.88 Å². The highest BCUT2D eigenvalue weighted by Crippen LogP contribution is 2.29. The molecule has 3 nitrogen and oxygen atoms in total. The highest BCUT2D eigenvalue weighted by atomic mass is 15.1. The summed E-state index contributed by atoms with van der Waals surface area (Å²) in [5, 5.41) is 0. The Kier molecular flexibility index (Phi) is 2.68. The van der Waals surface area contributed by atoms with Crippen LogP contribution in [0.1, 0.15) is 30.9 Å². The average Bonchev–Trinajstić information content (AvgIpc) is 2.18. The van der Waals surface area contributed by atoms with Gasteiger partial charge >= 0.3 is 0 Å². The third kappa shape index (κ3) is 1.87. The van der Waals surface area contributed by atoms with Crippen LogP contribution >= 0.6 is 0 Å². The van der Waals surface area contributed by atoms with Crippen molar-refractivity contribution < 1.29 is 0 Å². The largest absolute Gasteiger partial charge is 0.384 e. The molecule has 0 amide bonds. The van der Waals surface area contributed by atoms with Crippen LogP contribution in [0.2, 0.25) is 0 Å². The Labute approximate surface area is 84.9 Å². The predicted molar refractivity (Wildman–Crippen MR) is 57.9 cm³/mol. The average molecular weight is 191 g/mol. The minimum absolute atomic E-state index is 0.536. The van der Waals surface area contributed by atoms with Crippen LogP contribution in [-0.2, 0) is 0 Å². The van der Waals surface area contributed by atoms with E-state index in [1.165, 1.54) is 31.4 Å². The summed E-state index contributed by atoms with van der Waals surface area (Å²) in [6, 6.07) is 4.60. The number of hydrogen-bond acceptors (Lipinski definition) is 3. The zero-order chi connectivity index (χ0) is 9.97. The highest BCUT2D eigenvalue weighted by Gasteiger charge is 2.20. The van der Waals surface area contributed by atoms with E-state index in [9.17, 15) is 0 Å². The lowest BCUT2D eigenvalue weighted by Gasteiger charge is -2.32. The van der Waals surface area contributed by atoms with E-state index in [-0.39, 0.29) is 0 Å². The van der Waals surface area contributed by atoms with Crippen molar-refractivity contribution in [2.45, 2.75) is 25.3 Å². The second kappa shape index (κ2) is 3.96. The Morgan fingerprint density at radius 2 is 2.36 bits per heavy atom. The number of aromatic nitrogens is 1. The van der Waals surface area contributed by atoms with E-state index in [2.05, 4.69) is 23.0 Å². The monoisotopic (exact) mass is 191 g/mol. The van der Waals surface area contributed by atoms with Crippen molar-refractivity contribution in [3.63, 3.8) is 0 Å². The van der Waals surface area contributed by atoms with Crippen LogP contribution in [-0.4, -0.2) is 23.5 Å². The second-order valence-electron chi connectivity index (χ2n) is 4.01. The van der Waals surface area contributed by atoms with Crippen LogP contribution in [0.5, 0.6) is 0 Å². The molecule has 1 aromatic heterocycles. The van der Waals surface area contributed by atoms with Crippen LogP contribution in [0.25, 0.3) is 0 Å². The van der Waals surface area contributed by atoms with Gasteiger partial charge in [-0.05, 0) is 44.1 Å². The van der Waals surface area contributed by atoms with Gasteiger partial charge in [0.15, 0.2) is 0 Å². The Hall–Kier alpha value is -1.09. The molecule has 0 unspecified atom stereocenters. The number of nitrogens with zero attached hydrogens (tertiary/aromatic N) is 2. The van der Waals surface area contributed by atoms with Gasteiger partial charge in [-0.2, -0.15) is 0 Å². The number of nitrogens with two attached hydrogens (primary N) is 1. The van der Waals surface area contributed by atoms with Gasteiger partial charge in [0.25, 0.3) is 0 Å². The van der Waals surface area contributed by atoms with E-state index in [0.29, 0.717) is 11.9 Å². The number of nitrogen functional groups attached to an aromatic ring is 1. The van der Waals surface area contributed by atoms with E-state index >= 15 is 0 Å². The molecule has 1 aromatic rings. The third-order valence-electron chi connectivity index (χ3n) is 2.96. The summed E-state index contributed by atoms with van der Waals surface area (Å²) in [4.78, 5) is 6.42. The maximum absolute atomic E-state index is 5.68. The molecule has 3 heteroatoms. The lowest BCUT2D eigenvalue weighted by molar-refractivity contribution is 0.187. The Morgan fingerprint density at radius 3 is 3.07 bits per heavy atom. The van der Waals surface area contributed by atoms with Crippen LogP contribution in [0, 0.1) is 0 Å². The Morgan fingerprint density at radius 1 is 1.50 bits per heavy atom. The molecule has 1 aliphatic rings. The molecule has 76 valence electrons. The van der Waals surface area contributed by atoms with E-state index in [1.54, 1.807) is 6.20 Å². The summed E-state index contributed by atoms with van der Waals surface area (Å²) in [5.41, 5.74) is 6.99. The zero-order valence-electron chi connectivity index (χ0n) is 8.61. The zero-order valence-corrected chi connectivity index (χ0v) is 8.61. The first-order valence-corrected chi connectivity index (χ1v) is 5.19. The number of hydrogen-bond donors (Lipinski definition) is 1. The second-order valence-corrected chi connectivity index (χ2v) is 4.01. The normalized spacial score (nSPS) is 23.6. The fourth-order valence-corrected chi connectivity index (χ4v) is 2.17. The number of pyridine rings is 1. The summed E-state index contributed by atoms with van der Waals surface area (Å²) >= 11 is 0. The van der Waals surface area contributed by atoms with Gasteiger partial charge in [0.05, 0.1) is 0 Å². The molecule has 0 radical (unpaired) electrons. The van der Waals surface area contributed by atoms with Gasteiger partial charge < -0.3 is 5.73 Å². The van der Waals surface area contributed by atoms with Crippen molar-refractivity contribution in [2.75, 3.05) is 19.3 Å². The van der Waals surface area contributed by atoms with Gasteiger partial charge in [-0.3, -0.25) is 4.90 Å². The lowest BCUT2D eigenvalue weighted by atomic mass is 9.96. The molecule has 0 aromatic carbocycles. The summed E-state index contributed by atoms with van der Waals surface area (Å²) < 4.78 is 0. The summed E-state index contributed by atoms with van der Waals surface area (Å²) in [5.74, 6) is 0.626.